The third-order valence-corrected chi connectivity index (χ3v) is 6.63. The van der Waals surface area contributed by atoms with E-state index in [-0.39, 0.29) is 11.2 Å². The van der Waals surface area contributed by atoms with Crippen molar-refractivity contribution in [2.75, 3.05) is 0 Å². The van der Waals surface area contributed by atoms with Crippen molar-refractivity contribution in [3.05, 3.63) is 34.9 Å². The number of carbonyl (C=O) groups excluding carboxylic acids is 1. The molecule has 1 fully saturated rings. The summed E-state index contributed by atoms with van der Waals surface area (Å²) >= 11 is 0. The van der Waals surface area contributed by atoms with E-state index < -0.39 is 17.3 Å². The highest BCUT2D eigenvalue weighted by molar-refractivity contribution is 6.00. The molecule has 0 radical (unpaired) electrons. The second-order valence-corrected chi connectivity index (χ2v) is 8.09. The highest BCUT2D eigenvalue weighted by Gasteiger charge is 2.58. The van der Waals surface area contributed by atoms with Crippen LogP contribution in [-0.2, 0) is 10.2 Å². The number of hydrogen-bond donors (Lipinski definition) is 1. The van der Waals surface area contributed by atoms with Crippen LogP contribution in [-0.4, -0.2) is 16.9 Å². The van der Waals surface area contributed by atoms with Crippen LogP contribution in [0.5, 0.6) is 0 Å². The molecule has 1 N–H and O–H groups in total. The number of rotatable bonds is 2. The van der Waals surface area contributed by atoms with Crippen LogP contribution in [0, 0.1) is 11.3 Å². The number of Topliss-reactive ketones (excluding diaryl/α,β-unsaturated/α-hetero) is 1. The van der Waals surface area contributed by atoms with Gasteiger partial charge in [-0.25, -0.2) is 0 Å². The molecule has 3 atom stereocenters. The molecule has 3 rings (SSSR count). The first-order chi connectivity index (χ1) is 10.7. The van der Waals surface area contributed by atoms with Gasteiger partial charge < -0.3 is 5.11 Å². The lowest BCUT2D eigenvalue weighted by Gasteiger charge is -2.56. The third-order valence-electron chi connectivity index (χ3n) is 6.63. The fraction of sp³-hybridized carbons (Fsp3) is 0.600. The largest absolute Gasteiger partial charge is 0.481 e. The smallest absolute Gasteiger partial charge is 0.307 e. The maximum absolute atomic E-state index is 12.8. The number of carbonyl (C=O) groups is 2. The molecule has 0 heterocycles. The molecule has 3 heteroatoms. The van der Waals surface area contributed by atoms with Crippen LogP contribution in [0.1, 0.15) is 80.8 Å². The number of aliphatic carboxylic acids is 1. The van der Waals surface area contributed by atoms with Gasteiger partial charge in [-0.1, -0.05) is 46.2 Å². The van der Waals surface area contributed by atoms with Crippen LogP contribution in [0.25, 0.3) is 0 Å². The zero-order chi connectivity index (χ0) is 17.0. The van der Waals surface area contributed by atoms with Gasteiger partial charge in [-0.05, 0) is 46.8 Å². The monoisotopic (exact) mass is 314 g/mol. The fourth-order valence-electron chi connectivity index (χ4n) is 4.87. The van der Waals surface area contributed by atoms with Crippen LogP contribution in [0.3, 0.4) is 0 Å². The Morgan fingerprint density at radius 2 is 2.00 bits per heavy atom. The number of carboxylic acids is 1. The average molecular weight is 314 g/mol. The van der Waals surface area contributed by atoms with Crippen molar-refractivity contribution in [2.24, 2.45) is 11.3 Å². The van der Waals surface area contributed by atoms with Gasteiger partial charge in [-0.2, -0.15) is 0 Å². The number of carboxylic acid groups (broad SMARTS) is 1. The van der Waals surface area contributed by atoms with E-state index in [4.69, 9.17) is 0 Å². The van der Waals surface area contributed by atoms with E-state index in [0.717, 1.165) is 24.0 Å². The maximum Gasteiger partial charge on any atom is 0.307 e. The minimum absolute atomic E-state index is 0.107. The molecule has 1 aromatic carbocycles. The summed E-state index contributed by atoms with van der Waals surface area (Å²) in [5.41, 5.74) is 2.32. The normalized spacial score (nSPS) is 33.3. The van der Waals surface area contributed by atoms with E-state index in [0.29, 0.717) is 18.8 Å². The lowest BCUT2D eigenvalue weighted by molar-refractivity contribution is -0.152. The maximum atomic E-state index is 12.8. The van der Waals surface area contributed by atoms with Crippen LogP contribution in [0.15, 0.2) is 18.2 Å². The minimum Gasteiger partial charge on any atom is -0.481 e. The molecule has 0 aliphatic heterocycles. The van der Waals surface area contributed by atoms with Gasteiger partial charge >= 0.3 is 5.97 Å². The summed E-state index contributed by atoms with van der Waals surface area (Å²) in [6.45, 7) is 8.44. The van der Waals surface area contributed by atoms with E-state index >= 15 is 0 Å². The first-order valence-corrected chi connectivity index (χ1v) is 8.61. The molecular formula is C20H26O3. The van der Waals surface area contributed by atoms with Crippen LogP contribution in [0.2, 0.25) is 0 Å². The second kappa shape index (κ2) is 5.19. The quantitative estimate of drug-likeness (QED) is 0.871. The molecule has 1 aromatic rings. The second-order valence-electron chi connectivity index (χ2n) is 8.09. The van der Waals surface area contributed by atoms with Crippen LogP contribution in [0.4, 0.5) is 0 Å². The van der Waals surface area contributed by atoms with Crippen molar-refractivity contribution < 1.29 is 14.7 Å². The van der Waals surface area contributed by atoms with E-state index in [9.17, 15) is 14.7 Å². The van der Waals surface area contributed by atoms with E-state index in [1.54, 1.807) is 0 Å². The summed E-state index contributed by atoms with van der Waals surface area (Å²) in [6.07, 6.45) is 2.88. The van der Waals surface area contributed by atoms with E-state index in [2.05, 4.69) is 32.9 Å². The van der Waals surface area contributed by atoms with Crippen molar-refractivity contribution in [2.45, 2.75) is 64.7 Å². The molecule has 0 saturated heterocycles. The van der Waals surface area contributed by atoms with Gasteiger partial charge in [0.1, 0.15) is 0 Å². The fourth-order valence-corrected chi connectivity index (χ4v) is 4.87. The Morgan fingerprint density at radius 1 is 1.30 bits per heavy atom. The van der Waals surface area contributed by atoms with E-state index in [1.807, 2.05) is 13.0 Å². The lowest BCUT2D eigenvalue weighted by atomic mass is 9.46. The Bertz CT molecular complexity index is 675. The predicted octanol–water partition coefficient (Wildman–Crippen LogP) is 4.55. The molecule has 0 bridgehead atoms. The molecule has 2 aliphatic rings. The topological polar surface area (TPSA) is 54.4 Å². The summed E-state index contributed by atoms with van der Waals surface area (Å²) in [4.78, 5) is 24.6. The number of benzene rings is 1. The van der Waals surface area contributed by atoms with Crippen molar-refractivity contribution >= 4 is 11.8 Å². The molecule has 1 saturated carbocycles. The summed E-state index contributed by atoms with van der Waals surface area (Å²) in [5, 5.41) is 9.70. The van der Waals surface area contributed by atoms with Crippen molar-refractivity contribution in [3.63, 3.8) is 0 Å². The minimum atomic E-state index is -0.756. The zero-order valence-electron chi connectivity index (χ0n) is 14.5. The van der Waals surface area contributed by atoms with Gasteiger partial charge in [0.2, 0.25) is 0 Å². The van der Waals surface area contributed by atoms with Crippen molar-refractivity contribution in [1.82, 2.24) is 0 Å². The Hall–Kier alpha value is -1.64. The van der Waals surface area contributed by atoms with Gasteiger partial charge in [0, 0.05) is 12.0 Å². The Balaban J connectivity index is 2.19. The van der Waals surface area contributed by atoms with Gasteiger partial charge in [-0.3, -0.25) is 9.59 Å². The molecule has 0 amide bonds. The van der Waals surface area contributed by atoms with Gasteiger partial charge in [-0.15, -0.1) is 0 Å². The first kappa shape index (κ1) is 16.2. The molecular weight excluding hydrogens is 288 g/mol. The Morgan fingerprint density at radius 3 is 2.61 bits per heavy atom. The summed E-state index contributed by atoms with van der Waals surface area (Å²) in [5.74, 6) is -0.709. The zero-order valence-corrected chi connectivity index (χ0v) is 14.5. The molecule has 3 nitrogen and oxygen atoms in total. The van der Waals surface area contributed by atoms with Crippen LogP contribution < -0.4 is 0 Å². The Kier molecular flexibility index (Phi) is 3.66. The standard InChI is InChI=1S/C20H26O3/c1-12(2)13-7-8-15-14(10-13)17(21)11-20(4)16(18(22)23)6-5-9-19(15,20)3/h7-8,10,12,16H,5-6,9,11H2,1-4H3,(H,22,23)/t16-,19?,20?/m0/s1. The van der Waals surface area contributed by atoms with E-state index in [1.165, 1.54) is 5.56 Å². The molecule has 0 aromatic heterocycles. The average Bonchev–Trinajstić information content (AvgIpc) is 2.48. The SMILES string of the molecule is CC(C)c1ccc2c(c1)C(=O)CC1(C)[C@H](C(=O)O)CCCC21C. The van der Waals surface area contributed by atoms with Gasteiger partial charge in [0.15, 0.2) is 5.78 Å². The Labute approximate surface area is 138 Å². The third kappa shape index (κ3) is 2.16. The molecule has 124 valence electrons. The lowest BCUT2D eigenvalue weighted by Crippen LogP contribution is -2.55. The van der Waals surface area contributed by atoms with Crippen LogP contribution >= 0.6 is 0 Å². The molecule has 2 unspecified atom stereocenters. The number of fused-ring (bicyclic) bond motifs is 3. The first-order valence-electron chi connectivity index (χ1n) is 8.61. The number of ketones is 1. The molecule has 23 heavy (non-hydrogen) atoms. The predicted molar refractivity (Wildman–Crippen MR) is 89.9 cm³/mol. The highest BCUT2D eigenvalue weighted by atomic mass is 16.4. The van der Waals surface area contributed by atoms with Crippen molar-refractivity contribution in [1.29, 1.82) is 0 Å². The van der Waals surface area contributed by atoms with Crippen molar-refractivity contribution in [3.8, 4) is 0 Å². The molecule has 2 aliphatic carbocycles. The van der Waals surface area contributed by atoms with Gasteiger partial charge in [0.25, 0.3) is 0 Å². The number of hydrogen-bond acceptors (Lipinski definition) is 2. The molecule has 0 spiro atoms. The van der Waals surface area contributed by atoms with Gasteiger partial charge in [0.05, 0.1) is 5.92 Å². The summed E-state index contributed by atoms with van der Waals surface area (Å²) in [6, 6.07) is 6.24. The summed E-state index contributed by atoms with van der Waals surface area (Å²) < 4.78 is 0. The highest BCUT2D eigenvalue weighted by Crippen LogP contribution is 2.60. The summed E-state index contributed by atoms with van der Waals surface area (Å²) in [7, 11) is 0.